The largest absolute Gasteiger partial charge is 0.465 e. The molecule has 2 unspecified atom stereocenters. The number of aliphatic hydroxyl groups is 1. The van der Waals surface area contributed by atoms with Gasteiger partial charge < -0.3 is 15.1 Å². The molecule has 4 rings (SSSR count). The van der Waals surface area contributed by atoms with E-state index in [-0.39, 0.29) is 23.1 Å². The Labute approximate surface area is 207 Å². The first-order valence-electron chi connectivity index (χ1n) is 12.5. The van der Waals surface area contributed by atoms with E-state index in [1.165, 1.54) is 16.5 Å². The number of carboxylic acid groups (broad SMARTS) is 1. The van der Waals surface area contributed by atoms with Crippen LogP contribution in [0.15, 0.2) is 60.7 Å². The van der Waals surface area contributed by atoms with E-state index in [0.29, 0.717) is 24.8 Å². The summed E-state index contributed by atoms with van der Waals surface area (Å²) >= 11 is 0. The van der Waals surface area contributed by atoms with E-state index in [1.54, 1.807) is 18.2 Å². The minimum absolute atomic E-state index is 0.0490. The lowest BCUT2D eigenvalue weighted by Crippen LogP contribution is -2.39. The second-order valence-corrected chi connectivity index (χ2v) is 11.0. The van der Waals surface area contributed by atoms with Crippen LogP contribution in [0.5, 0.6) is 0 Å². The highest BCUT2D eigenvalue weighted by atomic mass is 19.1. The molecule has 1 amide bonds. The fourth-order valence-electron chi connectivity index (χ4n) is 6.06. The maximum atomic E-state index is 14.4. The molecule has 186 valence electrons. The molecule has 0 aliphatic heterocycles. The molecule has 2 N–H and O–H groups in total. The fraction of sp³-hybridized carbons (Fsp3) is 0.433. The summed E-state index contributed by atoms with van der Waals surface area (Å²) in [6.45, 7) is 8.85. The predicted molar refractivity (Wildman–Crippen MR) is 138 cm³/mol. The number of carbonyl (C=O) groups is 1. The van der Waals surface area contributed by atoms with E-state index >= 15 is 0 Å². The Morgan fingerprint density at radius 2 is 1.71 bits per heavy atom. The average molecular weight is 478 g/mol. The molecule has 3 aromatic carbocycles. The highest BCUT2D eigenvalue weighted by molar-refractivity contribution is 5.87. The number of amides is 1. The van der Waals surface area contributed by atoms with Gasteiger partial charge in [-0.05, 0) is 71.6 Å². The molecule has 0 heterocycles. The first kappa shape index (κ1) is 25.2. The Balaban J connectivity index is 1.58. The molecule has 4 nitrogen and oxygen atoms in total. The molecule has 4 atom stereocenters. The lowest BCUT2D eigenvalue weighted by Gasteiger charge is -2.42. The molecule has 3 aromatic rings. The van der Waals surface area contributed by atoms with Crippen molar-refractivity contribution < 1.29 is 19.4 Å². The van der Waals surface area contributed by atoms with Gasteiger partial charge in [-0.2, -0.15) is 0 Å². The molecule has 1 aliphatic carbocycles. The van der Waals surface area contributed by atoms with Gasteiger partial charge in [0.1, 0.15) is 5.82 Å². The molecule has 35 heavy (non-hydrogen) atoms. The molecule has 0 saturated heterocycles. The lowest BCUT2D eigenvalue weighted by atomic mass is 9.65. The van der Waals surface area contributed by atoms with Crippen molar-refractivity contribution >= 4 is 16.9 Å². The maximum absolute atomic E-state index is 14.4. The zero-order chi connectivity index (χ0) is 25.3. The number of hydrogen-bond acceptors (Lipinski definition) is 2. The van der Waals surface area contributed by atoms with Crippen molar-refractivity contribution in [3.8, 4) is 0 Å². The van der Waals surface area contributed by atoms with Crippen molar-refractivity contribution in [3.05, 3.63) is 83.2 Å². The Morgan fingerprint density at radius 3 is 2.40 bits per heavy atom. The van der Waals surface area contributed by atoms with Crippen molar-refractivity contribution in [2.75, 3.05) is 6.54 Å². The molecule has 0 fully saturated rings. The normalized spacial score (nSPS) is 19.7. The number of rotatable bonds is 6. The summed E-state index contributed by atoms with van der Waals surface area (Å²) in [5.41, 5.74) is 2.96. The van der Waals surface area contributed by atoms with Crippen LogP contribution < -0.4 is 0 Å². The van der Waals surface area contributed by atoms with Gasteiger partial charge in [-0.1, -0.05) is 75.4 Å². The lowest BCUT2D eigenvalue weighted by molar-refractivity contribution is 0.0567. The van der Waals surface area contributed by atoms with Crippen LogP contribution in [0.25, 0.3) is 10.8 Å². The minimum atomic E-state index is -0.979. The van der Waals surface area contributed by atoms with Crippen LogP contribution in [0.4, 0.5) is 9.18 Å². The number of fused-ring (bicyclic) bond motifs is 2. The molecule has 1 aliphatic rings. The van der Waals surface area contributed by atoms with Crippen LogP contribution in [-0.2, 0) is 6.42 Å². The SMILES string of the molecule is C[C@H](c1ccc(F)c2ccccc12)N(CCC([C@@H]1Cc2ccccc2C(O)C1)C(C)(C)C)C(=O)O. The molecule has 0 radical (unpaired) electrons. The Morgan fingerprint density at radius 1 is 1.06 bits per heavy atom. The first-order valence-corrected chi connectivity index (χ1v) is 12.5. The summed E-state index contributed by atoms with van der Waals surface area (Å²) in [4.78, 5) is 13.9. The predicted octanol–water partition coefficient (Wildman–Crippen LogP) is 7.37. The van der Waals surface area contributed by atoms with Crippen LogP contribution in [0.1, 0.15) is 69.4 Å². The van der Waals surface area contributed by atoms with Gasteiger partial charge in [0.2, 0.25) is 0 Å². The summed E-state index contributed by atoms with van der Waals surface area (Å²) in [5, 5.41) is 22.2. The molecule has 0 aromatic heterocycles. The topological polar surface area (TPSA) is 60.8 Å². The third-order valence-corrected chi connectivity index (χ3v) is 7.85. The summed E-state index contributed by atoms with van der Waals surface area (Å²) in [7, 11) is 0. The van der Waals surface area contributed by atoms with Gasteiger partial charge in [-0.3, -0.25) is 0 Å². The van der Waals surface area contributed by atoms with Crippen molar-refractivity contribution in [2.45, 2.75) is 59.1 Å². The van der Waals surface area contributed by atoms with Crippen molar-refractivity contribution in [1.82, 2.24) is 4.90 Å². The van der Waals surface area contributed by atoms with Gasteiger partial charge >= 0.3 is 6.09 Å². The Bertz CT molecular complexity index is 1200. The van der Waals surface area contributed by atoms with E-state index in [9.17, 15) is 19.4 Å². The maximum Gasteiger partial charge on any atom is 0.407 e. The number of hydrogen-bond donors (Lipinski definition) is 2. The van der Waals surface area contributed by atoms with Crippen LogP contribution in [0, 0.1) is 23.1 Å². The number of nitrogens with zero attached hydrogens (tertiary/aromatic N) is 1. The smallest absolute Gasteiger partial charge is 0.407 e. The first-order chi connectivity index (χ1) is 16.6. The van der Waals surface area contributed by atoms with Crippen LogP contribution >= 0.6 is 0 Å². The minimum Gasteiger partial charge on any atom is -0.465 e. The van der Waals surface area contributed by atoms with Gasteiger partial charge in [0.05, 0.1) is 12.1 Å². The van der Waals surface area contributed by atoms with Crippen molar-refractivity contribution in [3.63, 3.8) is 0 Å². The van der Waals surface area contributed by atoms with E-state index in [2.05, 4.69) is 26.8 Å². The summed E-state index contributed by atoms with van der Waals surface area (Å²) in [6.07, 6.45) is 0.797. The van der Waals surface area contributed by atoms with E-state index < -0.39 is 18.2 Å². The number of aliphatic hydroxyl groups excluding tert-OH is 1. The fourth-order valence-corrected chi connectivity index (χ4v) is 6.06. The van der Waals surface area contributed by atoms with Gasteiger partial charge in [0.15, 0.2) is 0 Å². The third kappa shape index (κ3) is 5.20. The highest BCUT2D eigenvalue weighted by Crippen LogP contribution is 2.44. The third-order valence-electron chi connectivity index (χ3n) is 7.85. The van der Waals surface area contributed by atoms with Crippen LogP contribution in [0.3, 0.4) is 0 Å². The molecule has 0 saturated carbocycles. The molecule has 5 heteroatoms. The number of halogens is 1. The van der Waals surface area contributed by atoms with Gasteiger partial charge in [-0.15, -0.1) is 0 Å². The van der Waals surface area contributed by atoms with Gasteiger partial charge in [0, 0.05) is 11.9 Å². The Hall–Kier alpha value is -2.92. The molecule has 0 bridgehead atoms. The van der Waals surface area contributed by atoms with Crippen LogP contribution in [0.2, 0.25) is 0 Å². The zero-order valence-corrected chi connectivity index (χ0v) is 21.0. The van der Waals surface area contributed by atoms with E-state index in [1.807, 2.05) is 37.3 Å². The Kier molecular flexibility index (Phi) is 7.18. The van der Waals surface area contributed by atoms with Gasteiger partial charge in [0.25, 0.3) is 0 Å². The molecule has 0 spiro atoms. The van der Waals surface area contributed by atoms with Crippen molar-refractivity contribution in [1.29, 1.82) is 0 Å². The molecular formula is C30H36FNO3. The summed E-state index contributed by atoms with van der Waals surface area (Å²) < 4.78 is 14.4. The van der Waals surface area contributed by atoms with E-state index in [4.69, 9.17) is 0 Å². The second kappa shape index (κ2) is 9.98. The van der Waals surface area contributed by atoms with Gasteiger partial charge in [-0.25, -0.2) is 9.18 Å². The van der Waals surface area contributed by atoms with Crippen LogP contribution in [-0.4, -0.2) is 27.8 Å². The van der Waals surface area contributed by atoms with Crippen molar-refractivity contribution in [2.24, 2.45) is 17.3 Å². The quantitative estimate of drug-likeness (QED) is 0.390. The molecular weight excluding hydrogens is 441 g/mol. The monoisotopic (exact) mass is 477 g/mol. The van der Waals surface area contributed by atoms with E-state index in [0.717, 1.165) is 22.9 Å². The standard InChI is InChI=1S/C30H36FNO3/c1-19(22-13-14-27(31)25-12-8-7-11-24(22)25)32(29(34)35)16-15-26(30(2,3)4)21-17-20-9-5-6-10-23(20)28(33)18-21/h5-14,19,21,26,28,33H,15-18H2,1-4H3,(H,34,35)/t19-,21-,26?,28?/m1/s1. The summed E-state index contributed by atoms with van der Waals surface area (Å²) in [5.74, 6) is 0.185. The summed E-state index contributed by atoms with van der Waals surface area (Å²) in [6, 6.07) is 18.0. The zero-order valence-electron chi connectivity index (χ0n) is 21.0. The average Bonchev–Trinajstić information content (AvgIpc) is 2.81. The number of benzene rings is 3. The highest BCUT2D eigenvalue weighted by Gasteiger charge is 2.37. The second-order valence-electron chi connectivity index (χ2n) is 11.0.